The Morgan fingerprint density at radius 3 is 2.74 bits per heavy atom. The summed E-state index contributed by atoms with van der Waals surface area (Å²) in [5, 5.41) is 22.3. The Hall–Kier alpha value is -2.98. The molecule has 0 aliphatic heterocycles. The second-order valence-electron chi connectivity index (χ2n) is 5.36. The summed E-state index contributed by atoms with van der Waals surface area (Å²) in [5.74, 6) is 0.400. The van der Waals surface area contributed by atoms with Crippen molar-refractivity contribution in [3.05, 3.63) is 57.9 Å². The molecule has 3 rings (SSSR count). The number of halogens is 1. The van der Waals surface area contributed by atoms with E-state index in [9.17, 15) is 14.9 Å². The van der Waals surface area contributed by atoms with Crippen LogP contribution in [0.2, 0.25) is 5.02 Å². The zero-order chi connectivity index (χ0) is 19.4. The standard InChI is InChI=1S/C16H13ClN6O3S/c1-22-15(10-4-6-18-7-5-10)20-21-16(22)27-9-14(24)19-11-2-3-12(17)13(8-11)23(25)26/h2-8H,9H2,1H3,(H,19,24). The quantitative estimate of drug-likeness (QED) is 0.381. The highest BCUT2D eigenvalue weighted by Crippen LogP contribution is 2.28. The van der Waals surface area contributed by atoms with E-state index in [0.717, 1.165) is 5.56 Å². The number of rotatable bonds is 6. The number of hydrogen-bond donors (Lipinski definition) is 1. The third-order valence-electron chi connectivity index (χ3n) is 3.53. The number of thioether (sulfide) groups is 1. The molecule has 1 N–H and O–H groups in total. The summed E-state index contributed by atoms with van der Waals surface area (Å²) in [6, 6.07) is 7.72. The molecular weight excluding hydrogens is 392 g/mol. The molecule has 2 heterocycles. The van der Waals surface area contributed by atoms with Gasteiger partial charge in [-0.3, -0.25) is 19.9 Å². The molecule has 1 aromatic carbocycles. The predicted molar refractivity (Wildman–Crippen MR) is 102 cm³/mol. The normalized spacial score (nSPS) is 10.6. The van der Waals surface area contributed by atoms with E-state index in [-0.39, 0.29) is 22.4 Å². The molecule has 0 spiro atoms. The highest BCUT2D eigenvalue weighted by atomic mass is 35.5. The van der Waals surface area contributed by atoms with Gasteiger partial charge >= 0.3 is 0 Å². The summed E-state index contributed by atoms with van der Waals surface area (Å²) in [7, 11) is 1.80. The van der Waals surface area contributed by atoms with Crippen molar-refractivity contribution in [3.8, 4) is 11.4 Å². The van der Waals surface area contributed by atoms with Gasteiger partial charge in [-0.15, -0.1) is 10.2 Å². The lowest BCUT2D eigenvalue weighted by Gasteiger charge is -2.06. The number of pyridine rings is 1. The van der Waals surface area contributed by atoms with Crippen molar-refractivity contribution < 1.29 is 9.72 Å². The van der Waals surface area contributed by atoms with Gasteiger partial charge < -0.3 is 9.88 Å². The molecule has 1 amide bonds. The molecule has 0 saturated heterocycles. The van der Waals surface area contributed by atoms with Gasteiger partial charge in [0, 0.05) is 36.8 Å². The molecule has 138 valence electrons. The fourth-order valence-corrected chi connectivity index (χ4v) is 3.15. The first-order valence-electron chi connectivity index (χ1n) is 7.62. The molecule has 0 unspecified atom stereocenters. The summed E-state index contributed by atoms with van der Waals surface area (Å²) < 4.78 is 1.78. The lowest BCUT2D eigenvalue weighted by Crippen LogP contribution is -2.14. The Morgan fingerprint density at radius 1 is 1.30 bits per heavy atom. The topological polar surface area (TPSA) is 116 Å². The minimum Gasteiger partial charge on any atom is -0.325 e. The van der Waals surface area contributed by atoms with Crippen LogP contribution in [0.5, 0.6) is 0 Å². The summed E-state index contributed by atoms with van der Waals surface area (Å²) in [4.78, 5) is 26.4. The van der Waals surface area contributed by atoms with E-state index in [2.05, 4.69) is 20.5 Å². The molecule has 2 aromatic heterocycles. The van der Waals surface area contributed by atoms with E-state index < -0.39 is 4.92 Å². The third-order valence-corrected chi connectivity index (χ3v) is 4.87. The van der Waals surface area contributed by atoms with Crippen molar-refractivity contribution >= 4 is 40.6 Å². The molecular formula is C16H13ClN6O3S. The van der Waals surface area contributed by atoms with Crippen LogP contribution >= 0.6 is 23.4 Å². The highest BCUT2D eigenvalue weighted by Gasteiger charge is 2.15. The molecule has 27 heavy (non-hydrogen) atoms. The van der Waals surface area contributed by atoms with E-state index in [1.165, 1.54) is 30.0 Å². The number of nitrogens with one attached hydrogen (secondary N) is 1. The molecule has 11 heteroatoms. The number of anilines is 1. The van der Waals surface area contributed by atoms with Gasteiger partial charge in [0.2, 0.25) is 5.91 Å². The van der Waals surface area contributed by atoms with Gasteiger partial charge in [0.05, 0.1) is 10.7 Å². The molecule has 0 atom stereocenters. The van der Waals surface area contributed by atoms with Crippen molar-refractivity contribution in [1.82, 2.24) is 19.7 Å². The Labute approximate surface area is 162 Å². The van der Waals surface area contributed by atoms with Crippen LogP contribution in [-0.2, 0) is 11.8 Å². The van der Waals surface area contributed by atoms with E-state index in [0.29, 0.717) is 16.7 Å². The van der Waals surface area contributed by atoms with Crippen LogP contribution < -0.4 is 5.32 Å². The summed E-state index contributed by atoms with van der Waals surface area (Å²) in [6.07, 6.45) is 3.32. The van der Waals surface area contributed by atoms with Crippen LogP contribution in [0.3, 0.4) is 0 Å². The second kappa shape index (κ2) is 8.14. The molecule has 0 fully saturated rings. The van der Waals surface area contributed by atoms with Gasteiger partial charge in [-0.05, 0) is 24.3 Å². The summed E-state index contributed by atoms with van der Waals surface area (Å²) in [5.41, 5.74) is 0.898. The molecule has 0 saturated carbocycles. The first-order chi connectivity index (χ1) is 13.0. The van der Waals surface area contributed by atoms with Crippen molar-refractivity contribution in [2.24, 2.45) is 7.05 Å². The maximum atomic E-state index is 12.1. The minimum absolute atomic E-state index is 0.00935. The maximum Gasteiger partial charge on any atom is 0.289 e. The molecule has 0 aliphatic carbocycles. The van der Waals surface area contributed by atoms with E-state index in [4.69, 9.17) is 11.6 Å². The fraction of sp³-hybridized carbons (Fsp3) is 0.125. The monoisotopic (exact) mass is 404 g/mol. The van der Waals surface area contributed by atoms with Crippen molar-refractivity contribution in [3.63, 3.8) is 0 Å². The average molecular weight is 405 g/mol. The number of hydrogen-bond acceptors (Lipinski definition) is 7. The van der Waals surface area contributed by atoms with Gasteiger partial charge in [0.1, 0.15) is 5.02 Å². The van der Waals surface area contributed by atoms with Crippen LogP contribution in [0.4, 0.5) is 11.4 Å². The zero-order valence-electron chi connectivity index (χ0n) is 14.0. The third kappa shape index (κ3) is 4.41. The largest absolute Gasteiger partial charge is 0.325 e. The van der Waals surface area contributed by atoms with Crippen molar-refractivity contribution in [1.29, 1.82) is 0 Å². The van der Waals surface area contributed by atoms with E-state index in [1.54, 1.807) is 24.0 Å². The van der Waals surface area contributed by atoms with Crippen LogP contribution in [0.25, 0.3) is 11.4 Å². The number of nitro groups is 1. The van der Waals surface area contributed by atoms with Crippen LogP contribution in [-0.4, -0.2) is 36.3 Å². The predicted octanol–water partition coefficient (Wildman–Crippen LogP) is 3.17. The van der Waals surface area contributed by atoms with Crippen molar-refractivity contribution in [2.75, 3.05) is 11.1 Å². The summed E-state index contributed by atoms with van der Waals surface area (Å²) >= 11 is 6.96. The van der Waals surface area contributed by atoms with Crippen LogP contribution in [0.15, 0.2) is 47.9 Å². The van der Waals surface area contributed by atoms with Gasteiger partial charge in [-0.25, -0.2) is 0 Å². The SMILES string of the molecule is Cn1c(SCC(=O)Nc2ccc(Cl)c([N+](=O)[O-])c2)nnc1-c1ccncc1. The lowest BCUT2D eigenvalue weighted by molar-refractivity contribution is -0.384. The molecule has 0 radical (unpaired) electrons. The van der Waals surface area contributed by atoms with E-state index >= 15 is 0 Å². The molecule has 3 aromatic rings. The number of benzene rings is 1. The van der Waals surface area contributed by atoms with Gasteiger partial charge in [-0.1, -0.05) is 23.4 Å². The summed E-state index contributed by atoms with van der Waals surface area (Å²) in [6.45, 7) is 0. The van der Waals surface area contributed by atoms with Crippen LogP contribution in [0.1, 0.15) is 0 Å². The highest BCUT2D eigenvalue weighted by molar-refractivity contribution is 7.99. The Bertz CT molecular complexity index is 995. The Kier molecular flexibility index (Phi) is 5.67. The van der Waals surface area contributed by atoms with Gasteiger partial charge in [-0.2, -0.15) is 0 Å². The van der Waals surface area contributed by atoms with Crippen LogP contribution in [0, 0.1) is 10.1 Å². The molecule has 0 aliphatic rings. The number of nitrogens with zero attached hydrogens (tertiary/aromatic N) is 5. The van der Waals surface area contributed by atoms with Gasteiger partial charge in [0.25, 0.3) is 5.69 Å². The van der Waals surface area contributed by atoms with E-state index in [1.807, 2.05) is 12.1 Å². The molecule has 9 nitrogen and oxygen atoms in total. The lowest BCUT2D eigenvalue weighted by atomic mass is 10.2. The average Bonchev–Trinajstić information content (AvgIpc) is 3.02. The number of aromatic nitrogens is 4. The molecule has 0 bridgehead atoms. The first kappa shape index (κ1) is 18.8. The first-order valence-corrected chi connectivity index (χ1v) is 8.98. The van der Waals surface area contributed by atoms with Crippen molar-refractivity contribution in [2.45, 2.75) is 5.16 Å². The number of nitro benzene ring substituents is 1. The number of carbonyl (C=O) groups is 1. The maximum absolute atomic E-state index is 12.1. The second-order valence-corrected chi connectivity index (χ2v) is 6.71. The fourth-order valence-electron chi connectivity index (χ4n) is 2.25. The number of carbonyl (C=O) groups excluding carboxylic acids is 1. The minimum atomic E-state index is -0.604. The Morgan fingerprint density at radius 2 is 2.04 bits per heavy atom. The number of amides is 1. The Balaban J connectivity index is 1.64. The smallest absolute Gasteiger partial charge is 0.289 e. The zero-order valence-corrected chi connectivity index (χ0v) is 15.6. The van der Waals surface area contributed by atoms with Gasteiger partial charge in [0.15, 0.2) is 11.0 Å².